The van der Waals surface area contributed by atoms with Crippen molar-refractivity contribution in [3.05, 3.63) is 63.9 Å². The number of carbonyl (C=O) groups excluding carboxylic acids is 2. The number of aryl methyl sites for hydroxylation is 2. The molecule has 212 valence electrons. The Kier molecular flexibility index (Phi) is 7.08. The highest BCUT2D eigenvalue weighted by Crippen LogP contribution is 2.40. The standard InChI is InChI=1S/C30H31FN6O3S/c1-17-29(21(15-38)16-41-17)33-27(40)14-37-25-6-4-5-22(23-12-26-20(11-24(23)31)13-32-35(26)3)28(25)30(34-37)19-7-9-36(10-8-19)18(2)39/h4-6,11-13,16,19,38H,7-10,14-15H2,1-3H3,(H,33,40). The Labute approximate surface area is 240 Å². The van der Waals surface area contributed by atoms with E-state index in [9.17, 15) is 14.7 Å². The molecule has 0 atom stereocenters. The molecule has 3 aromatic heterocycles. The summed E-state index contributed by atoms with van der Waals surface area (Å²) in [7, 11) is 1.83. The van der Waals surface area contributed by atoms with Gasteiger partial charge in [-0.05, 0) is 48.9 Å². The molecule has 4 heterocycles. The summed E-state index contributed by atoms with van der Waals surface area (Å²) in [4.78, 5) is 28.0. The zero-order chi connectivity index (χ0) is 28.8. The van der Waals surface area contributed by atoms with E-state index in [2.05, 4.69) is 10.4 Å². The third-order valence-corrected chi connectivity index (χ3v) is 9.00. The molecular formula is C30H31FN6O3S. The van der Waals surface area contributed by atoms with E-state index in [0.29, 0.717) is 35.5 Å². The number of benzene rings is 2. The van der Waals surface area contributed by atoms with Crippen molar-refractivity contribution in [3.63, 3.8) is 0 Å². The Balaban J connectivity index is 1.45. The SMILES string of the molecule is CC(=O)N1CCC(c2nn(CC(=O)Nc3c(CO)csc3C)c3cccc(-c4cc5c(cnn5C)cc4F)c23)CC1. The number of likely N-dealkylation sites (tertiary alicyclic amines) is 1. The minimum Gasteiger partial charge on any atom is -0.392 e. The maximum absolute atomic E-state index is 15.6. The van der Waals surface area contributed by atoms with Gasteiger partial charge in [0, 0.05) is 59.8 Å². The number of fused-ring (bicyclic) bond motifs is 2. The Bertz CT molecular complexity index is 1800. The number of hydrogen-bond acceptors (Lipinski definition) is 6. The molecule has 2 aromatic carbocycles. The monoisotopic (exact) mass is 574 g/mol. The van der Waals surface area contributed by atoms with Gasteiger partial charge in [-0.2, -0.15) is 10.2 Å². The van der Waals surface area contributed by atoms with E-state index in [1.807, 2.05) is 48.5 Å². The van der Waals surface area contributed by atoms with Crippen molar-refractivity contribution in [3.8, 4) is 11.1 Å². The molecule has 1 aliphatic rings. The van der Waals surface area contributed by atoms with E-state index in [0.717, 1.165) is 45.2 Å². The summed E-state index contributed by atoms with van der Waals surface area (Å²) in [6.07, 6.45) is 3.10. The summed E-state index contributed by atoms with van der Waals surface area (Å²) in [6.45, 7) is 4.50. The predicted molar refractivity (Wildman–Crippen MR) is 157 cm³/mol. The molecule has 6 rings (SSSR count). The van der Waals surface area contributed by atoms with Crippen LogP contribution in [0.15, 0.2) is 41.9 Å². The molecular weight excluding hydrogens is 543 g/mol. The summed E-state index contributed by atoms with van der Waals surface area (Å²) in [5.41, 5.74) is 4.80. The van der Waals surface area contributed by atoms with Gasteiger partial charge >= 0.3 is 0 Å². The molecule has 41 heavy (non-hydrogen) atoms. The largest absolute Gasteiger partial charge is 0.392 e. The van der Waals surface area contributed by atoms with Crippen molar-refractivity contribution in [2.45, 2.75) is 45.8 Å². The smallest absolute Gasteiger partial charge is 0.246 e. The maximum Gasteiger partial charge on any atom is 0.246 e. The van der Waals surface area contributed by atoms with Gasteiger partial charge in [0.1, 0.15) is 12.4 Å². The number of amides is 2. The van der Waals surface area contributed by atoms with Crippen LogP contribution in [-0.2, 0) is 29.8 Å². The molecule has 2 N–H and O–H groups in total. The number of halogens is 1. The quantitative estimate of drug-likeness (QED) is 0.298. The Morgan fingerprint density at radius 2 is 1.95 bits per heavy atom. The highest BCUT2D eigenvalue weighted by atomic mass is 32.1. The first-order chi connectivity index (χ1) is 19.7. The fraction of sp³-hybridized carbons (Fsp3) is 0.333. The summed E-state index contributed by atoms with van der Waals surface area (Å²) in [5, 5.41) is 25.2. The average molecular weight is 575 g/mol. The van der Waals surface area contributed by atoms with Gasteiger partial charge in [-0.1, -0.05) is 12.1 Å². The molecule has 1 aliphatic heterocycles. The number of rotatable bonds is 6. The summed E-state index contributed by atoms with van der Waals surface area (Å²) in [5.74, 6) is -0.530. The molecule has 5 aromatic rings. The van der Waals surface area contributed by atoms with E-state index in [-0.39, 0.29) is 36.7 Å². The van der Waals surface area contributed by atoms with E-state index in [1.165, 1.54) is 17.4 Å². The number of anilines is 1. The number of nitrogens with one attached hydrogen (secondary N) is 1. The van der Waals surface area contributed by atoms with Crippen LogP contribution in [0.4, 0.5) is 10.1 Å². The molecule has 0 aliphatic carbocycles. The van der Waals surface area contributed by atoms with Crippen LogP contribution in [0.2, 0.25) is 0 Å². The lowest BCUT2D eigenvalue weighted by Gasteiger charge is -2.30. The topological polar surface area (TPSA) is 105 Å². The highest BCUT2D eigenvalue weighted by molar-refractivity contribution is 7.10. The number of aliphatic hydroxyl groups is 1. The average Bonchev–Trinajstić information content (AvgIpc) is 3.63. The molecule has 0 bridgehead atoms. The van der Waals surface area contributed by atoms with E-state index in [1.54, 1.807) is 22.5 Å². The summed E-state index contributed by atoms with van der Waals surface area (Å²) >= 11 is 1.47. The highest BCUT2D eigenvalue weighted by Gasteiger charge is 2.28. The molecule has 1 saturated heterocycles. The normalized spacial score (nSPS) is 14.3. The van der Waals surface area contributed by atoms with Crippen molar-refractivity contribution < 1.29 is 19.1 Å². The van der Waals surface area contributed by atoms with Crippen molar-refractivity contribution in [1.29, 1.82) is 0 Å². The van der Waals surface area contributed by atoms with Crippen LogP contribution in [-0.4, -0.2) is 54.5 Å². The van der Waals surface area contributed by atoms with E-state index in [4.69, 9.17) is 5.10 Å². The number of aliphatic hydroxyl groups excluding tert-OH is 1. The number of nitrogens with zero attached hydrogens (tertiary/aromatic N) is 5. The minimum absolute atomic E-state index is 0.0437. The second kappa shape index (κ2) is 10.7. The second-order valence-electron chi connectivity index (χ2n) is 10.6. The third kappa shape index (κ3) is 4.89. The number of hydrogen-bond donors (Lipinski definition) is 2. The fourth-order valence-electron chi connectivity index (χ4n) is 5.84. The lowest BCUT2D eigenvalue weighted by molar-refractivity contribution is -0.129. The van der Waals surface area contributed by atoms with Gasteiger partial charge in [0.25, 0.3) is 0 Å². The van der Waals surface area contributed by atoms with Crippen molar-refractivity contribution in [2.75, 3.05) is 18.4 Å². The lowest BCUT2D eigenvalue weighted by atomic mass is 9.89. The Hall–Kier alpha value is -4.09. The number of aromatic nitrogens is 4. The van der Waals surface area contributed by atoms with Crippen LogP contribution < -0.4 is 5.32 Å². The van der Waals surface area contributed by atoms with Crippen LogP contribution in [0, 0.1) is 12.7 Å². The molecule has 11 heteroatoms. The second-order valence-corrected chi connectivity index (χ2v) is 11.7. The van der Waals surface area contributed by atoms with Crippen molar-refractivity contribution in [1.82, 2.24) is 24.5 Å². The molecule has 9 nitrogen and oxygen atoms in total. The van der Waals surface area contributed by atoms with Crippen LogP contribution in [0.25, 0.3) is 32.9 Å². The Morgan fingerprint density at radius 1 is 1.17 bits per heavy atom. The maximum atomic E-state index is 15.6. The third-order valence-electron chi connectivity index (χ3n) is 8.04. The molecule has 2 amide bonds. The van der Waals surface area contributed by atoms with Gasteiger partial charge in [0.2, 0.25) is 11.8 Å². The minimum atomic E-state index is -0.356. The van der Waals surface area contributed by atoms with Crippen LogP contribution >= 0.6 is 11.3 Å². The number of thiophene rings is 1. The Morgan fingerprint density at radius 3 is 2.68 bits per heavy atom. The zero-order valence-electron chi connectivity index (χ0n) is 23.1. The van der Waals surface area contributed by atoms with Crippen LogP contribution in [0.5, 0.6) is 0 Å². The van der Waals surface area contributed by atoms with E-state index < -0.39 is 0 Å². The molecule has 0 spiro atoms. The van der Waals surface area contributed by atoms with Gasteiger partial charge in [-0.15, -0.1) is 11.3 Å². The molecule has 0 radical (unpaired) electrons. The number of carbonyl (C=O) groups is 2. The number of piperidine rings is 1. The molecule has 0 unspecified atom stereocenters. The first-order valence-electron chi connectivity index (χ1n) is 13.6. The zero-order valence-corrected chi connectivity index (χ0v) is 24.0. The van der Waals surface area contributed by atoms with Gasteiger partial charge in [0.15, 0.2) is 0 Å². The summed E-state index contributed by atoms with van der Waals surface area (Å²) < 4.78 is 19.0. The molecule has 0 saturated carbocycles. The fourth-order valence-corrected chi connectivity index (χ4v) is 6.65. The lowest BCUT2D eigenvalue weighted by Crippen LogP contribution is -2.36. The first kappa shape index (κ1) is 27.1. The van der Waals surface area contributed by atoms with Crippen LogP contribution in [0.1, 0.15) is 41.8 Å². The first-order valence-corrected chi connectivity index (χ1v) is 14.5. The van der Waals surface area contributed by atoms with Gasteiger partial charge in [-0.25, -0.2) is 4.39 Å². The van der Waals surface area contributed by atoms with Gasteiger partial charge in [-0.3, -0.25) is 19.0 Å². The van der Waals surface area contributed by atoms with Crippen molar-refractivity contribution in [2.24, 2.45) is 7.05 Å². The van der Waals surface area contributed by atoms with Crippen LogP contribution in [0.3, 0.4) is 0 Å². The predicted octanol–water partition coefficient (Wildman–Crippen LogP) is 4.96. The molecule has 1 fully saturated rings. The van der Waals surface area contributed by atoms with Gasteiger partial charge < -0.3 is 15.3 Å². The van der Waals surface area contributed by atoms with Crippen molar-refractivity contribution >= 4 is 50.6 Å². The van der Waals surface area contributed by atoms with E-state index >= 15 is 4.39 Å². The van der Waals surface area contributed by atoms with Gasteiger partial charge in [0.05, 0.1) is 35.2 Å². The summed E-state index contributed by atoms with van der Waals surface area (Å²) in [6, 6.07) is 8.97.